The number of carbonyl (C=O) groups is 1. The fourth-order valence-electron chi connectivity index (χ4n) is 1.59. The molecule has 2 aromatic rings. The summed E-state index contributed by atoms with van der Waals surface area (Å²) in [5, 5.41) is 22.6. The summed E-state index contributed by atoms with van der Waals surface area (Å²) in [5.74, 6) is -0.200. The van der Waals surface area contributed by atoms with Crippen molar-refractivity contribution in [3.05, 3.63) is 58.3 Å². The van der Waals surface area contributed by atoms with Crippen molar-refractivity contribution in [1.29, 1.82) is 5.26 Å². The van der Waals surface area contributed by atoms with Gasteiger partial charge in [-0.3, -0.25) is 14.9 Å². The van der Waals surface area contributed by atoms with E-state index >= 15 is 0 Å². The Morgan fingerprint density at radius 3 is 2.77 bits per heavy atom. The second-order valence-corrected chi connectivity index (χ2v) is 5.08. The number of para-hydroxylation sites is 1. The van der Waals surface area contributed by atoms with Crippen molar-refractivity contribution in [2.75, 3.05) is 11.1 Å². The molecular formula is C14H10N4O3S. The van der Waals surface area contributed by atoms with Crippen molar-refractivity contribution >= 4 is 29.0 Å². The maximum absolute atomic E-state index is 11.8. The van der Waals surface area contributed by atoms with Crippen molar-refractivity contribution in [2.45, 2.75) is 5.03 Å². The summed E-state index contributed by atoms with van der Waals surface area (Å²) in [7, 11) is 0. The number of hydrogen-bond acceptors (Lipinski definition) is 6. The first-order chi connectivity index (χ1) is 10.6. The van der Waals surface area contributed by atoms with Gasteiger partial charge in [0.25, 0.3) is 5.69 Å². The van der Waals surface area contributed by atoms with Crippen LogP contribution in [0.4, 0.5) is 11.4 Å². The van der Waals surface area contributed by atoms with E-state index in [1.807, 2.05) is 12.1 Å². The fourth-order valence-corrected chi connectivity index (χ4v) is 2.32. The second-order valence-electron chi connectivity index (χ2n) is 4.12. The molecule has 0 bridgehead atoms. The van der Waals surface area contributed by atoms with E-state index in [0.29, 0.717) is 5.69 Å². The number of hydrogen-bond donors (Lipinski definition) is 1. The maximum Gasteiger partial charge on any atom is 0.288 e. The Labute approximate surface area is 130 Å². The quantitative estimate of drug-likeness (QED) is 0.516. The first-order valence-corrected chi connectivity index (χ1v) is 7.11. The lowest BCUT2D eigenvalue weighted by atomic mass is 10.3. The minimum absolute atomic E-state index is 0.0500. The van der Waals surface area contributed by atoms with Crippen LogP contribution in [0.5, 0.6) is 0 Å². The highest BCUT2D eigenvalue weighted by Gasteiger charge is 2.14. The van der Waals surface area contributed by atoms with E-state index in [0.717, 1.165) is 24.0 Å². The number of thioether (sulfide) groups is 1. The van der Waals surface area contributed by atoms with Crippen LogP contribution < -0.4 is 5.32 Å². The summed E-state index contributed by atoms with van der Waals surface area (Å²) in [5.41, 5.74) is 0.492. The molecule has 1 aromatic heterocycles. The van der Waals surface area contributed by atoms with E-state index < -0.39 is 4.92 Å². The molecule has 1 aromatic carbocycles. The normalized spacial score (nSPS) is 9.77. The van der Waals surface area contributed by atoms with Crippen LogP contribution in [0.15, 0.2) is 47.6 Å². The van der Waals surface area contributed by atoms with Gasteiger partial charge in [-0.25, -0.2) is 4.98 Å². The molecule has 8 heteroatoms. The molecule has 110 valence electrons. The van der Waals surface area contributed by atoms with E-state index in [-0.39, 0.29) is 27.9 Å². The maximum atomic E-state index is 11.8. The highest BCUT2D eigenvalue weighted by molar-refractivity contribution is 8.00. The lowest BCUT2D eigenvalue weighted by molar-refractivity contribution is -0.385. The Hall–Kier alpha value is -2.92. The number of aromatic nitrogens is 1. The van der Waals surface area contributed by atoms with E-state index in [2.05, 4.69) is 10.3 Å². The second kappa shape index (κ2) is 7.19. The van der Waals surface area contributed by atoms with Gasteiger partial charge >= 0.3 is 0 Å². The zero-order valence-electron chi connectivity index (χ0n) is 11.2. The van der Waals surface area contributed by atoms with Gasteiger partial charge in [-0.1, -0.05) is 30.0 Å². The predicted molar refractivity (Wildman–Crippen MR) is 81.4 cm³/mol. The Balaban J connectivity index is 2.01. The van der Waals surface area contributed by atoms with Crippen LogP contribution in [0.1, 0.15) is 5.56 Å². The molecule has 22 heavy (non-hydrogen) atoms. The largest absolute Gasteiger partial charge is 0.325 e. The number of nitro groups is 1. The molecular weight excluding hydrogens is 304 g/mol. The predicted octanol–water partition coefficient (Wildman–Crippen LogP) is 2.59. The van der Waals surface area contributed by atoms with E-state index in [4.69, 9.17) is 5.26 Å². The summed E-state index contributed by atoms with van der Waals surface area (Å²) in [4.78, 5) is 25.7. The first kappa shape index (κ1) is 15.5. The van der Waals surface area contributed by atoms with Crippen molar-refractivity contribution < 1.29 is 9.72 Å². The van der Waals surface area contributed by atoms with Gasteiger partial charge in [0.1, 0.15) is 17.3 Å². The number of carbonyl (C=O) groups excluding carboxylic acids is 1. The number of anilines is 1. The lowest BCUT2D eigenvalue weighted by Crippen LogP contribution is -2.14. The zero-order valence-corrected chi connectivity index (χ0v) is 12.0. The number of nitriles is 1. The van der Waals surface area contributed by atoms with Gasteiger partial charge in [0.05, 0.1) is 16.2 Å². The molecule has 0 aliphatic rings. The summed E-state index contributed by atoms with van der Waals surface area (Å²) >= 11 is 1.05. The monoisotopic (exact) mass is 314 g/mol. The summed E-state index contributed by atoms with van der Waals surface area (Å²) in [6.45, 7) is 0. The van der Waals surface area contributed by atoms with Crippen molar-refractivity contribution in [3.8, 4) is 6.07 Å². The third-order valence-corrected chi connectivity index (χ3v) is 3.57. The third-order valence-electron chi connectivity index (χ3n) is 2.57. The number of amides is 1. The Bertz CT molecular complexity index is 743. The molecule has 0 saturated carbocycles. The Morgan fingerprint density at radius 2 is 2.14 bits per heavy atom. The topological polar surface area (TPSA) is 109 Å². The summed E-state index contributed by atoms with van der Waals surface area (Å²) in [6, 6.07) is 11.9. The minimum atomic E-state index is -0.621. The molecule has 1 heterocycles. The first-order valence-electron chi connectivity index (χ1n) is 6.12. The van der Waals surface area contributed by atoms with Gasteiger partial charge in [0.2, 0.25) is 5.91 Å². The zero-order chi connectivity index (χ0) is 15.9. The average molecular weight is 314 g/mol. The van der Waals surface area contributed by atoms with E-state index in [9.17, 15) is 14.9 Å². The Morgan fingerprint density at radius 1 is 1.41 bits per heavy atom. The van der Waals surface area contributed by atoms with Crippen molar-refractivity contribution in [1.82, 2.24) is 4.98 Å². The molecule has 0 fully saturated rings. The van der Waals surface area contributed by atoms with Gasteiger partial charge in [-0.05, 0) is 12.1 Å². The third kappa shape index (κ3) is 4.04. The van der Waals surface area contributed by atoms with E-state index in [1.54, 1.807) is 24.3 Å². The van der Waals surface area contributed by atoms with Gasteiger partial charge < -0.3 is 5.32 Å². The molecule has 1 amide bonds. The molecule has 0 aliphatic carbocycles. The van der Waals surface area contributed by atoms with Gasteiger partial charge in [0, 0.05) is 11.8 Å². The van der Waals surface area contributed by atoms with Crippen LogP contribution in [0.25, 0.3) is 0 Å². The summed E-state index contributed by atoms with van der Waals surface area (Å²) in [6.07, 6.45) is 1.07. The molecule has 1 N–H and O–H groups in total. The van der Waals surface area contributed by atoms with Crippen LogP contribution >= 0.6 is 11.8 Å². The highest BCUT2D eigenvalue weighted by Crippen LogP contribution is 2.23. The van der Waals surface area contributed by atoms with Gasteiger partial charge in [-0.2, -0.15) is 5.26 Å². The average Bonchev–Trinajstić information content (AvgIpc) is 2.53. The molecule has 0 radical (unpaired) electrons. The van der Waals surface area contributed by atoms with Crippen LogP contribution in [0.3, 0.4) is 0 Å². The highest BCUT2D eigenvalue weighted by atomic mass is 32.2. The standard InChI is InChI=1S/C14H10N4O3S/c15-7-10-6-12(18(20)21)8-16-14(10)22-9-13(19)17-11-4-2-1-3-5-11/h1-6,8H,9H2,(H,17,19). The smallest absolute Gasteiger partial charge is 0.288 e. The van der Waals surface area contributed by atoms with Crippen LogP contribution in [0, 0.1) is 21.4 Å². The van der Waals surface area contributed by atoms with Crippen molar-refractivity contribution in [3.63, 3.8) is 0 Å². The molecule has 0 aliphatic heterocycles. The molecule has 0 spiro atoms. The van der Waals surface area contributed by atoms with Crippen LogP contribution in [-0.4, -0.2) is 21.6 Å². The number of nitrogens with zero attached hydrogens (tertiary/aromatic N) is 3. The number of pyridine rings is 1. The number of benzene rings is 1. The fraction of sp³-hybridized carbons (Fsp3) is 0.0714. The SMILES string of the molecule is N#Cc1cc([N+](=O)[O-])cnc1SCC(=O)Nc1ccccc1. The molecule has 0 atom stereocenters. The Kier molecular flexibility index (Phi) is 5.06. The van der Waals surface area contributed by atoms with Gasteiger partial charge in [0.15, 0.2) is 0 Å². The lowest BCUT2D eigenvalue weighted by Gasteiger charge is -2.05. The van der Waals surface area contributed by atoms with E-state index in [1.165, 1.54) is 0 Å². The summed E-state index contributed by atoms with van der Waals surface area (Å²) < 4.78 is 0. The number of rotatable bonds is 5. The molecule has 0 saturated heterocycles. The molecule has 7 nitrogen and oxygen atoms in total. The minimum Gasteiger partial charge on any atom is -0.325 e. The molecule has 0 unspecified atom stereocenters. The van der Waals surface area contributed by atoms with Crippen molar-refractivity contribution in [2.24, 2.45) is 0 Å². The number of nitrogens with one attached hydrogen (secondary N) is 1. The van der Waals surface area contributed by atoms with Gasteiger partial charge in [-0.15, -0.1) is 0 Å². The molecule has 2 rings (SSSR count). The van der Waals surface area contributed by atoms with Crippen LogP contribution in [0.2, 0.25) is 0 Å². The van der Waals surface area contributed by atoms with Crippen LogP contribution in [-0.2, 0) is 4.79 Å².